The lowest BCUT2D eigenvalue weighted by atomic mass is 9.98. The van der Waals surface area contributed by atoms with Crippen LogP contribution in [0.4, 0.5) is 5.69 Å². The molecule has 2 amide bonds. The van der Waals surface area contributed by atoms with Gasteiger partial charge in [0.1, 0.15) is 0 Å². The van der Waals surface area contributed by atoms with Gasteiger partial charge in [0.05, 0.1) is 6.54 Å². The van der Waals surface area contributed by atoms with Crippen LogP contribution in [0.25, 0.3) is 0 Å². The van der Waals surface area contributed by atoms with E-state index in [9.17, 15) is 9.59 Å². The molecular weight excluding hydrogens is 302 g/mol. The van der Waals surface area contributed by atoms with Crippen LogP contribution < -0.4 is 10.6 Å². The summed E-state index contributed by atoms with van der Waals surface area (Å²) in [4.78, 5) is 25.8. The van der Waals surface area contributed by atoms with Crippen LogP contribution in [-0.2, 0) is 16.0 Å². The molecule has 3 rings (SSSR count). The molecule has 0 saturated carbocycles. The maximum absolute atomic E-state index is 12.4. The van der Waals surface area contributed by atoms with Gasteiger partial charge in [0, 0.05) is 31.2 Å². The van der Waals surface area contributed by atoms with Crippen LogP contribution in [0.3, 0.4) is 0 Å². The molecule has 1 aromatic carbocycles. The number of carbonyl (C=O) groups excluding carboxylic acids is 2. The lowest BCUT2D eigenvalue weighted by Crippen LogP contribution is -2.39. The molecule has 2 aliphatic rings. The molecule has 0 aliphatic carbocycles. The molecule has 0 radical (unpaired) electrons. The van der Waals surface area contributed by atoms with Crippen LogP contribution in [0.15, 0.2) is 18.2 Å². The van der Waals surface area contributed by atoms with E-state index in [1.807, 2.05) is 17.0 Å². The first-order chi connectivity index (χ1) is 11.6. The minimum Gasteiger partial charge on any atom is -0.342 e. The average molecular weight is 329 g/mol. The number of carbonyl (C=O) groups is 2. The van der Waals surface area contributed by atoms with Gasteiger partial charge in [0.25, 0.3) is 0 Å². The summed E-state index contributed by atoms with van der Waals surface area (Å²) in [6.07, 6.45) is 6.05. The van der Waals surface area contributed by atoms with E-state index >= 15 is 0 Å². The second-order valence-corrected chi connectivity index (χ2v) is 6.86. The Morgan fingerprint density at radius 1 is 1.21 bits per heavy atom. The minimum atomic E-state index is 0.0875. The van der Waals surface area contributed by atoms with Crippen LogP contribution in [0, 0.1) is 0 Å². The zero-order valence-corrected chi connectivity index (χ0v) is 14.4. The number of nitrogens with zero attached hydrogens (tertiary/aromatic N) is 1. The van der Waals surface area contributed by atoms with Gasteiger partial charge in [0.15, 0.2) is 0 Å². The van der Waals surface area contributed by atoms with E-state index in [4.69, 9.17) is 0 Å². The van der Waals surface area contributed by atoms with E-state index in [2.05, 4.69) is 23.6 Å². The third-order valence-corrected chi connectivity index (χ3v) is 5.04. The Bertz CT molecular complexity index is 607. The molecule has 0 unspecified atom stereocenters. The SMILES string of the molecule is C[C@@H](NCC(=O)N1CCCCCC1)c1ccc2c(c1)CCC(=O)N2. The zero-order valence-electron chi connectivity index (χ0n) is 14.4. The Morgan fingerprint density at radius 3 is 2.71 bits per heavy atom. The fraction of sp³-hybridized carbons (Fsp3) is 0.579. The number of hydrogen-bond donors (Lipinski definition) is 2. The molecule has 0 bridgehead atoms. The highest BCUT2D eigenvalue weighted by Gasteiger charge is 2.18. The van der Waals surface area contributed by atoms with Crippen molar-refractivity contribution in [3.05, 3.63) is 29.3 Å². The number of nitrogens with one attached hydrogen (secondary N) is 2. The van der Waals surface area contributed by atoms with Crippen molar-refractivity contribution in [2.45, 2.75) is 51.5 Å². The van der Waals surface area contributed by atoms with Crippen molar-refractivity contribution < 1.29 is 9.59 Å². The van der Waals surface area contributed by atoms with Crippen LogP contribution >= 0.6 is 0 Å². The number of fused-ring (bicyclic) bond motifs is 1. The quantitative estimate of drug-likeness (QED) is 0.893. The maximum Gasteiger partial charge on any atom is 0.236 e. The summed E-state index contributed by atoms with van der Waals surface area (Å²) in [6, 6.07) is 6.25. The topological polar surface area (TPSA) is 61.4 Å². The first-order valence-electron chi connectivity index (χ1n) is 9.07. The van der Waals surface area contributed by atoms with E-state index < -0.39 is 0 Å². The van der Waals surface area contributed by atoms with Gasteiger partial charge in [-0.1, -0.05) is 25.0 Å². The van der Waals surface area contributed by atoms with Gasteiger partial charge in [-0.2, -0.15) is 0 Å². The molecular formula is C19H27N3O2. The van der Waals surface area contributed by atoms with Crippen LogP contribution in [0.1, 0.15) is 56.2 Å². The van der Waals surface area contributed by atoms with Crippen molar-refractivity contribution >= 4 is 17.5 Å². The highest BCUT2D eigenvalue weighted by molar-refractivity contribution is 5.93. The number of aryl methyl sites for hydroxylation is 1. The molecule has 5 heteroatoms. The highest BCUT2D eigenvalue weighted by Crippen LogP contribution is 2.26. The third kappa shape index (κ3) is 4.15. The van der Waals surface area contributed by atoms with Crippen molar-refractivity contribution in [3.8, 4) is 0 Å². The van der Waals surface area contributed by atoms with Gasteiger partial charge in [-0.3, -0.25) is 9.59 Å². The Morgan fingerprint density at radius 2 is 1.96 bits per heavy atom. The molecule has 24 heavy (non-hydrogen) atoms. The van der Waals surface area contributed by atoms with E-state index in [0.717, 1.165) is 43.6 Å². The monoisotopic (exact) mass is 329 g/mol. The summed E-state index contributed by atoms with van der Waals surface area (Å²) in [5.41, 5.74) is 3.26. The van der Waals surface area contributed by atoms with Gasteiger partial charge in [-0.15, -0.1) is 0 Å². The number of amides is 2. The summed E-state index contributed by atoms with van der Waals surface area (Å²) in [5, 5.41) is 6.26. The summed E-state index contributed by atoms with van der Waals surface area (Å²) in [5.74, 6) is 0.290. The lowest BCUT2D eigenvalue weighted by Gasteiger charge is -2.23. The fourth-order valence-corrected chi connectivity index (χ4v) is 3.46. The van der Waals surface area contributed by atoms with Crippen molar-refractivity contribution in [2.24, 2.45) is 0 Å². The molecule has 1 fully saturated rings. The molecule has 2 N–H and O–H groups in total. The van der Waals surface area contributed by atoms with Crippen LogP contribution in [0.5, 0.6) is 0 Å². The predicted octanol–water partition coefficient (Wildman–Crippen LogP) is 2.62. The largest absolute Gasteiger partial charge is 0.342 e. The Hall–Kier alpha value is -1.88. The van der Waals surface area contributed by atoms with Crippen LogP contribution in [0.2, 0.25) is 0 Å². The third-order valence-electron chi connectivity index (χ3n) is 5.04. The van der Waals surface area contributed by atoms with Crippen molar-refractivity contribution in [2.75, 3.05) is 25.0 Å². The fourth-order valence-electron chi connectivity index (χ4n) is 3.46. The van der Waals surface area contributed by atoms with Gasteiger partial charge in [0.2, 0.25) is 11.8 Å². The molecule has 1 saturated heterocycles. The van der Waals surface area contributed by atoms with E-state index in [1.54, 1.807) is 0 Å². The molecule has 0 spiro atoms. The predicted molar refractivity (Wildman–Crippen MR) is 94.9 cm³/mol. The van der Waals surface area contributed by atoms with Gasteiger partial charge >= 0.3 is 0 Å². The number of hydrogen-bond acceptors (Lipinski definition) is 3. The Balaban J connectivity index is 1.55. The lowest BCUT2D eigenvalue weighted by molar-refractivity contribution is -0.130. The molecule has 2 aliphatic heterocycles. The Labute approximate surface area is 143 Å². The summed E-state index contributed by atoms with van der Waals surface area (Å²) in [6.45, 7) is 4.26. The van der Waals surface area contributed by atoms with Crippen LogP contribution in [-0.4, -0.2) is 36.3 Å². The molecule has 0 aromatic heterocycles. The number of anilines is 1. The van der Waals surface area contributed by atoms with Gasteiger partial charge in [-0.05, 0) is 43.4 Å². The normalized spacial score (nSPS) is 19.2. The van der Waals surface area contributed by atoms with Crippen molar-refractivity contribution in [1.82, 2.24) is 10.2 Å². The van der Waals surface area contributed by atoms with E-state index in [1.165, 1.54) is 18.4 Å². The molecule has 130 valence electrons. The minimum absolute atomic E-state index is 0.0875. The maximum atomic E-state index is 12.4. The average Bonchev–Trinajstić information content (AvgIpc) is 2.88. The highest BCUT2D eigenvalue weighted by atomic mass is 16.2. The van der Waals surface area contributed by atoms with Crippen molar-refractivity contribution in [3.63, 3.8) is 0 Å². The van der Waals surface area contributed by atoms with E-state index in [0.29, 0.717) is 13.0 Å². The smallest absolute Gasteiger partial charge is 0.236 e. The van der Waals surface area contributed by atoms with Gasteiger partial charge < -0.3 is 15.5 Å². The molecule has 2 heterocycles. The molecule has 1 aromatic rings. The zero-order chi connectivity index (χ0) is 16.9. The first kappa shape index (κ1) is 17.0. The van der Waals surface area contributed by atoms with Gasteiger partial charge in [-0.25, -0.2) is 0 Å². The van der Waals surface area contributed by atoms with E-state index in [-0.39, 0.29) is 17.9 Å². The Kier molecular flexibility index (Phi) is 5.51. The summed E-state index contributed by atoms with van der Waals surface area (Å²) < 4.78 is 0. The van der Waals surface area contributed by atoms with Crippen molar-refractivity contribution in [1.29, 1.82) is 0 Å². The molecule has 5 nitrogen and oxygen atoms in total. The second kappa shape index (κ2) is 7.79. The number of likely N-dealkylation sites (tertiary alicyclic amines) is 1. The standard InChI is InChI=1S/C19H27N3O2/c1-14(20-13-19(24)22-10-4-2-3-5-11-22)15-6-8-17-16(12-15)7-9-18(23)21-17/h6,8,12,14,20H,2-5,7,9-11,13H2,1H3,(H,21,23)/t14-/m1/s1. The molecule has 1 atom stereocenters. The number of benzene rings is 1. The first-order valence-corrected chi connectivity index (χ1v) is 9.07. The summed E-state index contributed by atoms with van der Waals surface area (Å²) >= 11 is 0. The summed E-state index contributed by atoms with van der Waals surface area (Å²) in [7, 11) is 0. The second-order valence-electron chi connectivity index (χ2n) is 6.86. The number of rotatable bonds is 4.